The fourth-order valence-electron chi connectivity index (χ4n) is 3.27. The molecule has 7 heteroatoms. The van der Waals surface area contributed by atoms with Gasteiger partial charge >= 0.3 is 0 Å². The summed E-state index contributed by atoms with van der Waals surface area (Å²) in [5, 5.41) is 7.60. The molecule has 2 aliphatic heterocycles. The molecule has 5 nitrogen and oxygen atoms in total. The van der Waals surface area contributed by atoms with Gasteiger partial charge in [-0.2, -0.15) is 0 Å². The highest BCUT2D eigenvalue weighted by molar-refractivity contribution is 14.1. The fraction of sp³-hybridized carbons (Fsp3) is 0.353. The molecule has 4 rings (SSSR count). The Morgan fingerprint density at radius 3 is 2.96 bits per heavy atom. The Kier molecular flexibility index (Phi) is 4.17. The van der Waals surface area contributed by atoms with Crippen molar-refractivity contribution in [3.8, 4) is 5.75 Å². The summed E-state index contributed by atoms with van der Waals surface area (Å²) in [5.74, 6) is 0.874. The molecule has 0 saturated carbocycles. The van der Waals surface area contributed by atoms with Crippen LogP contribution in [0.3, 0.4) is 0 Å². The van der Waals surface area contributed by atoms with Crippen LogP contribution in [0.4, 0.5) is 5.00 Å². The molecule has 0 unspecified atom stereocenters. The van der Waals surface area contributed by atoms with Gasteiger partial charge in [0.25, 0.3) is 5.91 Å². The van der Waals surface area contributed by atoms with Crippen LogP contribution in [-0.4, -0.2) is 31.5 Å². The van der Waals surface area contributed by atoms with E-state index in [-0.39, 0.29) is 12.1 Å². The first-order valence-corrected chi connectivity index (χ1v) is 9.70. The number of nitrogens with one attached hydrogen (secondary N) is 2. The summed E-state index contributed by atoms with van der Waals surface area (Å²) in [4.78, 5) is 16.3. The predicted octanol–water partition coefficient (Wildman–Crippen LogP) is 3.20. The Hall–Kier alpha value is -1.32. The minimum atomic E-state index is -0.206. The first-order chi connectivity index (χ1) is 11.6. The van der Waals surface area contributed by atoms with E-state index in [0.29, 0.717) is 0 Å². The van der Waals surface area contributed by atoms with Crippen LogP contribution in [0.15, 0.2) is 18.2 Å². The molecule has 24 heavy (non-hydrogen) atoms. The number of benzene rings is 1. The molecular formula is C17H18IN3O2S. The summed E-state index contributed by atoms with van der Waals surface area (Å²) in [5.41, 5.74) is 3.10. The number of ether oxygens (including phenoxy) is 1. The molecule has 1 aromatic carbocycles. The van der Waals surface area contributed by atoms with Crippen molar-refractivity contribution in [2.75, 3.05) is 26.0 Å². The first kappa shape index (κ1) is 16.2. The van der Waals surface area contributed by atoms with Crippen LogP contribution in [0.2, 0.25) is 0 Å². The zero-order valence-corrected chi connectivity index (χ0v) is 16.5. The van der Waals surface area contributed by atoms with Gasteiger partial charge in [0, 0.05) is 18.0 Å². The van der Waals surface area contributed by atoms with Gasteiger partial charge in [-0.1, -0.05) is 6.07 Å². The zero-order chi connectivity index (χ0) is 16.8. The lowest BCUT2D eigenvalue weighted by Crippen LogP contribution is -2.38. The molecule has 1 aromatic heterocycles. The van der Waals surface area contributed by atoms with Crippen LogP contribution < -0.4 is 15.4 Å². The lowest BCUT2D eigenvalue weighted by atomic mass is 10.0. The van der Waals surface area contributed by atoms with Gasteiger partial charge in [0.05, 0.1) is 16.2 Å². The number of rotatable bonds is 2. The van der Waals surface area contributed by atoms with E-state index < -0.39 is 0 Å². The number of likely N-dealkylation sites (N-methyl/N-ethyl adjacent to an activating group) is 1. The van der Waals surface area contributed by atoms with Crippen molar-refractivity contribution in [1.29, 1.82) is 0 Å². The molecule has 0 fully saturated rings. The Morgan fingerprint density at radius 1 is 1.38 bits per heavy atom. The molecule has 126 valence electrons. The van der Waals surface area contributed by atoms with Crippen molar-refractivity contribution in [3.63, 3.8) is 0 Å². The van der Waals surface area contributed by atoms with E-state index in [4.69, 9.17) is 4.74 Å². The number of methoxy groups -OCH3 is 1. The van der Waals surface area contributed by atoms with E-state index in [1.807, 2.05) is 18.2 Å². The third kappa shape index (κ3) is 2.68. The van der Waals surface area contributed by atoms with E-state index in [1.54, 1.807) is 18.4 Å². The van der Waals surface area contributed by atoms with E-state index in [0.717, 1.165) is 45.0 Å². The van der Waals surface area contributed by atoms with Crippen molar-refractivity contribution in [2.45, 2.75) is 19.1 Å². The number of anilines is 1. The third-order valence-electron chi connectivity index (χ3n) is 4.53. The quantitative estimate of drug-likeness (QED) is 0.684. The number of thiophene rings is 1. The number of carbonyl (C=O) groups is 1. The summed E-state index contributed by atoms with van der Waals surface area (Å²) >= 11 is 3.97. The van der Waals surface area contributed by atoms with Crippen LogP contribution >= 0.6 is 33.9 Å². The predicted molar refractivity (Wildman–Crippen MR) is 104 cm³/mol. The average molecular weight is 455 g/mol. The highest BCUT2D eigenvalue weighted by Gasteiger charge is 2.32. The topological polar surface area (TPSA) is 53.6 Å². The average Bonchev–Trinajstić information content (AvgIpc) is 2.92. The molecule has 1 amide bonds. The van der Waals surface area contributed by atoms with Crippen LogP contribution in [0.5, 0.6) is 5.75 Å². The van der Waals surface area contributed by atoms with Crippen molar-refractivity contribution < 1.29 is 9.53 Å². The van der Waals surface area contributed by atoms with Gasteiger partial charge in [-0.3, -0.25) is 4.79 Å². The van der Waals surface area contributed by atoms with E-state index in [2.05, 4.69) is 45.2 Å². The minimum Gasteiger partial charge on any atom is -0.496 e. The molecule has 2 aliphatic rings. The first-order valence-electron chi connectivity index (χ1n) is 7.80. The molecule has 0 spiro atoms. The summed E-state index contributed by atoms with van der Waals surface area (Å²) < 4.78 is 6.34. The Morgan fingerprint density at radius 2 is 2.21 bits per heavy atom. The second-order valence-corrected chi connectivity index (χ2v) is 8.41. The highest BCUT2D eigenvalue weighted by atomic mass is 127. The number of fused-ring (bicyclic) bond motifs is 3. The fourth-order valence-corrected chi connectivity index (χ4v) is 5.39. The number of carbonyl (C=O) groups excluding carboxylic acids is 1. The number of amides is 1. The van der Waals surface area contributed by atoms with Crippen LogP contribution in [0.1, 0.15) is 32.5 Å². The minimum absolute atomic E-state index is 0.0293. The molecule has 2 aromatic rings. The molecule has 0 aliphatic carbocycles. The SMILES string of the molecule is COc1ccc([C@@H]2NC(=O)c3c(sc4c3CCN(C)C4)N2)cc1I. The van der Waals surface area contributed by atoms with Gasteiger partial charge in [-0.15, -0.1) is 11.3 Å². The lowest BCUT2D eigenvalue weighted by Gasteiger charge is -2.27. The van der Waals surface area contributed by atoms with E-state index in [9.17, 15) is 4.79 Å². The number of hydrogen-bond donors (Lipinski definition) is 2. The van der Waals surface area contributed by atoms with E-state index >= 15 is 0 Å². The van der Waals surface area contributed by atoms with Crippen LogP contribution in [0, 0.1) is 3.57 Å². The second kappa shape index (κ2) is 6.20. The monoisotopic (exact) mass is 455 g/mol. The summed E-state index contributed by atoms with van der Waals surface area (Å²) in [6.07, 6.45) is 0.736. The zero-order valence-electron chi connectivity index (χ0n) is 13.5. The molecule has 2 N–H and O–H groups in total. The van der Waals surface area contributed by atoms with E-state index in [1.165, 1.54) is 10.4 Å². The second-order valence-electron chi connectivity index (χ2n) is 6.14. The Labute approximate surface area is 158 Å². The number of hydrogen-bond acceptors (Lipinski definition) is 5. The standard InChI is InChI=1S/C17H18IN3O2S/c1-21-6-5-10-13(8-21)24-17-14(10)16(22)19-15(20-17)9-3-4-12(23-2)11(18)7-9/h3-4,7,15,20H,5-6,8H2,1-2H3,(H,19,22)/t15-/m1/s1. The molecule has 0 saturated heterocycles. The lowest BCUT2D eigenvalue weighted by molar-refractivity contribution is 0.0935. The number of halogens is 1. The molecule has 3 heterocycles. The normalized spacial score (nSPS) is 20.0. The molecule has 1 atom stereocenters. The smallest absolute Gasteiger partial charge is 0.256 e. The van der Waals surface area contributed by atoms with Gasteiger partial charge in [-0.05, 0) is 59.3 Å². The molecule has 0 bridgehead atoms. The Bertz CT molecular complexity index is 820. The number of nitrogens with zero attached hydrogens (tertiary/aromatic N) is 1. The maximum absolute atomic E-state index is 12.7. The van der Waals surface area contributed by atoms with Gasteiger partial charge in [0.15, 0.2) is 0 Å². The van der Waals surface area contributed by atoms with Gasteiger partial charge in [-0.25, -0.2) is 0 Å². The highest BCUT2D eigenvalue weighted by Crippen LogP contribution is 2.40. The van der Waals surface area contributed by atoms with Crippen molar-refractivity contribution in [3.05, 3.63) is 43.3 Å². The van der Waals surface area contributed by atoms with Gasteiger partial charge in [0.2, 0.25) is 0 Å². The summed E-state index contributed by atoms with van der Waals surface area (Å²) in [7, 11) is 3.79. The van der Waals surface area contributed by atoms with Crippen molar-refractivity contribution in [2.24, 2.45) is 0 Å². The van der Waals surface area contributed by atoms with Crippen molar-refractivity contribution in [1.82, 2.24) is 10.2 Å². The maximum atomic E-state index is 12.7. The summed E-state index contributed by atoms with van der Waals surface area (Å²) in [6, 6.07) is 5.98. The van der Waals surface area contributed by atoms with Gasteiger partial charge < -0.3 is 20.3 Å². The maximum Gasteiger partial charge on any atom is 0.256 e. The van der Waals surface area contributed by atoms with Gasteiger partial charge in [0.1, 0.15) is 16.9 Å². The van der Waals surface area contributed by atoms with Crippen LogP contribution in [-0.2, 0) is 13.0 Å². The Balaban J connectivity index is 1.67. The molecular weight excluding hydrogens is 437 g/mol. The third-order valence-corrected chi connectivity index (χ3v) is 6.53. The van der Waals surface area contributed by atoms with Crippen molar-refractivity contribution >= 4 is 44.8 Å². The van der Waals surface area contributed by atoms with Crippen LogP contribution in [0.25, 0.3) is 0 Å². The summed E-state index contributed by atoms with van der Waals surface area (Å²) in [6.45, 7) is 1.93. The molecule has 0 radical (unpaired) electrons. The largest absolute Gasteiger partial charge is 0.496 e.